The third-order valence-corrected chi connectivity index (χ3v) is 8.16. The summed E-state index contributed by atoms with van der Waals surface area (Å²) in [6.07, 6.45) is 1.26. The van der Waals surface area contributed by atoms with Crippen LogP contribution in [0, 0.1) is 0 Å². The first-order valence-corrected chi connectivity index (χ1v) is 12.2. The van der Waals surface area contributed by atoms with E-state index in [1.165, 1.54) is 5.56 Å². The lowest BCUT2D eigenvalue weighted by atomic mass is 10.0. The molecule has 2 aliphatic heterocycles. The van der Waals surface area contributed by atoms with Crippen molar-refractivity contribution < 1.29 is 9.59 Å². The molecule has 2 aromatic rings. The van der Waals surface area contributed by atoms with E-state index in [1.807, 2.05) is 41.3 Å². The van der Waals surface area contributed by atoms with E-state index in [0.29, 0.717) is 18.7 Å². The summed E-state index contributed by atoms with van der Waals surface area (Å²) in [5.41, 5.74) is 2.31. The molecule has 5 nitrogen and oxygen atoms in total. The van der Waals surface area contributed by atoms with Gasteiger partial charge in [-0.15, -0.1) is 11.8 Å². The minimum absolute atomic E-state index is 0.0476. The minimum atomic E-state index is -0.423. The highest BCUT2D eigenvalue weighted by molar-refractivity contribution is 8.00. The van der Waals surface area contributed by atoms with Crippen molar-refractivity contribution in [1.29, 1.82) is 0 Å². The van der Waals surface area contributed by atoms with Crippen LogP contribution >= 0.6 is 11.8 Å². The summed E-state index contributed by atoms with van der Waals surface area (Å²) in [6.45, 7) is 6.64. The van der Waals surface area contributed by atoms with Crippen LogP contribution in [0.2, 0.25) is 0 Å². The number of hydrogen-bond donors (Lipinski definition) is 1. The second-order valence-electron chi connectivity index (χ2n) is 8.13. The lowest BCUT2D eigenvalue weighted by Gasteiger charge is -2.34. The molecule has 1 N–H and O–H groups in total. The van der Waals surface area contributed by atoms with Gasteiger partial charge in [-0.2, -0.15) is 0 Å². The Morgan fingerprint density at radius 2 is 1.77 bits per heavy atom. The van der Waals surface area contributed by atoms with Crippen LogP contribution in [0.3, 0.4) is 0 Å². The summed E-state index contributed by atoms with van der Waals surface area (Å²) in [6, 6.07) is 20.2. The third-order valence-electron chi connectivity index (χ3n) is 6.56. The molecule has 0 radical (unpaired) electrons. The lowest BCUT2D eigenvalue weighted by molar-refractivity contribution is -0.138. The maximum atomic E-state index is 13.3. The Morgan fingerprint density at radius 3 is 2.42 bits per heavy atom. The van der Waals surface area contributed by atoms with Crippen LogP contribution in [0.15, 0.2) is 60.7 Å². The number of fused-ring (bicyclic) bond motifs is 1. The van der Waals surface area contributed by atoms with Gasteiger partial charge in [0.05, 0.1) is 6.04 Å². The summed E-state index contributed by atoms with van der Waals surface area (Å²) in [5, 5.41) is 3.19. The van der Waals surface area contributed by atoms with Crippen LogP contribution in [0.25, 0.3) is 0 Å². The number of carbonyl (C=O) groups is 2. The molecule has 0 saturated carbocycles. The highest BCUT2D eigenvalue weighted by atomic mass is 32.2. The first-order chi connectivity index (χ1) is 15.1. The highest BCUT2D eigenvalue weighted by Crippen LogP contribution is 2.54. The van der Waals surface area contributed by atoms with Crippen molar-refractivity contribution in [3.63, 3.8) is 0 Å². The molecule has 2 fully saturated rings. The number of nitrogens with one attached hydrogen (secondary N) is 1. The second kappa shape index (κ2) is 9.45. The molecule has 31 heavy (non-hydrogen) atoms. The molecule has 6 heteroatoms. The number of thioether (sulfide) groups is 1. The van der Waals surface area contributed by atoms with Gasteiger partial charge in [0.15, 0.2) is 0 Å². The minimum Gasteiger partial charge on any atom is -0.352 e. The molecule has 0 bridgehead atoms. The van der Waals surface area contributed by atoms with Gasteiger partial charge < -0.3 is 10.2 Å². The smallest absolute Gasteiger partial charge is 0.243 e. The van der Waals surface area contributed by atoms with Gasteiger partial charge in [-0.3, -0.25) is 14.5 Å². The molecular weight excluding hydrogens is 406 g/mol. The fourth-order valence-corrected chi connectivity index (χ4v) is 6.60. The Kier molecular flexibility index (Phi) is 6.68. The number of carbonyl (C=O) groups excluding carboxylic acids is 2. The lowest BCUT2D eigenvalue weighted by Crippen LogP contribution is -2.51. The Hall–Kier alpha value is -2.31. The summed E-state index contributed by atoms with van der Waals surface area (Å²) in [7, 11) is 0. The zero-order valence-electron chi connectivity index (χ0n) is 18.3. The molecule has 2 saturated heterocycles. The van der Waals surface area contributed by atoms with Gasteiger partial charge in [-0.1, -0.05) is 74.5 Å². The van der Waals surface area contributed by atoms with E-state index < -0.39 is 10.9 Å². The van der Waals surface area contributed by atoms with Gasteiger partial charge in [0.1, 0.15) is 10.9 Å². The van der Waals surface area contributed by atoms with Gasteiger partial charge in [0, 0.05) is 18.7 Å². The molecule has 2 aromatic carbocycles. The predicted molar refractivity (Wildman–Crippen MR) is 126 cm³/mol. The Balaban J connectivity index is 1.51. The van der Waals surface area contributed by atoms with Crippen molar-refractivity contribution in [3.8, 4) is 0 Å². The third kappa shape index (κ3) is 4.11. The average Bonchev–Trinajstić information content (AvgIpc) is 3.37. The predicted octanol–water partition coefficient (Wildman–Crippen LogP) is 3.78. The Bertz CT molecular complexity index is 903. The molecule has 2 heterocycles. The summed E-state index contributed by atoms with van der Waals surface area (Å²) >= 11 is 1.73. The summed E-state index contributed by atoms with van der Waals surface area (Å²) in [5.74, 6) is 0.666. The number of amides is 2. The van der Waals surface area contributed by atoms with E-state index >= 15 is 0 Å². The number of hydrogen-bond acceptors (Lipinski definition) is 4. The largest absolute Gasteiger partial charge is 0.352 e. The van der Waals surface area contributed by atoms with E-state index in [4.69, 9.17) is 0 Å². The van der Waals surface area contributed by atoms with E-state index in [1.54, 1.807) is 11.8 Å². The molecule has 0 unspecified atom stereocenters. The average molecular weight is 438 g/mol. The Labute approximate surface area is 189 Å². The quantitative estimate of drug-likeness (QED) is 0.683. The normalized spacial score (nSPS) is 23.8. The molecule has 4 rings (SSSR count). The highest BCUT2D eigenvalue weighted by Gasteiger charge is 2.56. The van der Waals surface area contributed by atoms with Crippen molar-refractivity contribution in [1.82, 2.24) is 15.1 Å². The SMILES string of the molecule is CCN(CC)[C@H](CNC(=O)[C@H]1CS[C@@]2(c3ccccc3)CCC(=O)N12)c1ccccc1. The van der Waals surface area contributed by atoms with Gasteiger partial charge in [-0.05, 0) is 30.6 Å². The van der Waals surface area contributed by atoms with Crippen LogP contribution in [-0.2, 0) is 14.5 Å². The van der Waals surface area contributed by atoms with Crippen LogP contribution in [0.5, 0.6) is 0 Å². The maximum absolute atomic E-state index is 13.3. The van der Waals surface area contributed by atoms with E-state index in [2.05, 4.69) is 48.3 Å². The van der Waals surface area contributed by atoms with E-state index in [0.717, 1.165) is 25.1 Å². The zero-order chi connectivity index (χ0) is 21.8. The first kappa shape index (κ1) is 21.9. The molecule has 0 aromatic heterocycles. The number of rotatable bonds is 8. The molecule has 2 amide bonds. The molecular formula is C25H31N3O2S. The Morgan fingerprint density at radius 1 is 1.13 bits per heavy atom. The van der Waals surface area contributed by atoms with E-state index in [9.17, 15) is 9.59 Å². The molecule has 0 aliphatic carbocycles. The molecule has 164 valence electrons. The number of likely N-dealkylation sites (N-methyl/N-ethyl adjacent to an activating group) is 1. The van der Waals surface area contributed by atoms with Crippen molar-refractivity contribution in [2.45, 2.75) is 43.6 Å². The second-order valence-corrected chi connectivity index (χ2v) is 9.43. The monoisotopic (exact) mass is 437 g/mol. The van der Waals surface area contributed by atoms with E-state index in [-0.39, 0.29) is 17.9 Å². The van der Waals surface area contributed by atoms with Crippen LogP contribution in [0.4, 0.5) is 0 Å². The number of benzene rings is 2. The van der Waals surface area contributed by atoms with Gasteiger partial charge >= 0.3 is 0 Å². The maximum Gasteiger partial charge on any atom is 0.243 e. The van der Waals surface area contributed by atoms with Crippen LogP contribution in [0.1, 0.15) is 43.9 Å². The van der Waals surface area contributed by atoms with Crippen molar-refractivity contribution in [2.24, 2.45) is 0 Å². The molecule has 2 aliphatic rings. The first-order valence-electron chi connectivity index (χ1n) is 11.2. The molecule has 0 spiro atoms. The summed E-state index contributed by atoms with van der Waals surface area (Å²) in [4.78, 5) is 29.9. The molecule has 3 atom stereocenters. The fourth-order valence-electron chi connectivity index (χ4n) is 4.95. The van der Waals surface area contributed by atoms with Crippen molar-refractivity contribution in [3.05, 3.63) is 71.8 Å². The van der Waals surface area contributed by atoms with Crippen LogP contribution < -0.4 is 5.32 Å². The van der Waals surface area contributed by atoms with Gasteiger partial charge in [0.2, 0.25) is 11.8 Å². The summed E-state index contributed by atoms with van der Waals surface area (Å²) < 4.78 is 0. The van der Waals surface area contributed by atoms with Crippen molar-refractivity contribution in [2.75, 3.05) is 25.4 Å². The van der Waals surface area contributed by atoms with Crippen LogP contribution in [-0.4, -0.2) is 53.0 Å². The van der Waals surface area contributed by atoms with Crippen molar-refractivity contribution >= 4 is 23.6 Å². The number of nitrogens with zero attached hydrogens (tertiary/aromatic N) is 2. The van der Waals surface area contributed by atoms with Gasteiger partial charge in [0.25, 0.3) is 0 Å². The standard InChI is InChI=1S/C25H31N3O2S/c1-3-27(4-2)21(19-11-7-5-8-12-19)17-26-24(30)22-18-31-25(16-15-23(29)28(22)25)20-13-9-6-10-14-20/h5-14,21-22H,3-4,15-18H2,1-2H3,(H,26,30)/t21-,22-,25-/m1/s1. The van der Waals surface area contributed by atoms with Gasteiger partial charge in [-0.25, -0.2) is 0 Å². The zero-order valence-corrected chi connectivity index (χ0v) is 19.1. The topological polar surface area (TPSA) is 52.7 Å². The fraction of sp³-hybridized carbons (Fsp3) is 0.440.